The first-order valence-electron chi connectivity index (χ1n) is 2.57. The monoisotopic (exact) mass is 209 g/mol. The van der Waals surface area contributed by atoms with E-state index in [1.165, 1.54) is 0 Å². The number of hydrogen-bond donors (Lipinski definition) is 1. The molecular formula is C7H8NRh-. The Morgan fingerprint density at radius 2 is 1.89 bits per heavy atom. The molecule has 0 fully saturated rings. The van der Waals surface area contributed by atoms with Crippen molar-refractivity contribution in [2.24, 2.45) is 0 Å². The van der Waals surface area contributed by atoms with Gasteiger partial charge in [-0.25, -0.2) is 0 Å². The summed E-state index contributed by atoms with van der Waals surface area (Å²) in [5.74, 6) is 0. The fraction of sp³-hybridized carbons (Fsp3) is 0.143. The second kappa shape index (κ2) is 4.52. The molecule has 2 heteroatoms. The molecule has 0 saturated heterocycles. The van der Waals surface area contributed by atoms with E-state index in [2.05, 4.69) is 11.4 Å². The summed E-state index contributed by atoms with van der Waals surface area (Å²) in [6.45, 7) is 0. The molecule has 1 N–H and O–H groups in total. The first-order valence-corrected chi connectivity index (χ1v) is 2.57. The Hall–Kier alpha value is -0.357. The Kier molecular flexibility index (Phi) is 4.34. The second-order valence-electron chi connectivity index (χ2n) is 1.54. The van der Waals surface area contributed by atoms with Crippen LogP contribution in [0.3, 0.4) is 0 Å². The van der Waals surface area contributed by atoms with Crippen molar-refractivity contribution in [1.82, 2.24) is 0 Å². The van der Waals surface area contributed by atoms with E-state index in [1.807, 2.05) is 31.3 Å². The van der Waals surface area contributed by atoms with Gasteiger partial charge in [0.05, 0.1) is 0 Å². The van der Waals surface area contributed by atoms with Gasteiger partial charge in [-0.05, 0) is 0 Å². The van der Waals surface area contributed by atoms with E-state index in [-0.39, 0.29) is 19.5 Å². The molecule has 0 aliphatic carbocycles. The summed E-state index contributed by atoms with van der Waals surface area (Å²) < 4.78 is 0. The van der Waals surface area contributed by atoms with Crippen molar-refractivity contribution in [3.05, 3.63) is 30.3 Å². The zero-order valence-electron chi connectivity index (χ0n) is 5.14. The Morgan fingerprint density at radius 1 is 1.33 bits per heavy atom. The van der Waals surface area contributed by atoms with Crippen LogP contribution in [0.5, 0.6) is 0 Å². The number of anilines is 1. The van der Waals surface area contributed by atoms with Crippen LogP contribution < -0.4 is 5.32 Å². The van der Waals surface area contributed by atoms with Crippen LogP contribution in [0, 0.1) is 6.07 Å². The van der Waals surface area contributed by atoms with Gasteiger partial charge in [-0.1, -0.05) is 5.69 Å². The van der Waals surface area contributed by atoms with Crippen LogP contribution in [-0.2, 0) is 19.5 Å². The van der Waals surface area contributed by atoms with Crippen molar-refractivity contribution < 1.29 is 19.5 Å². The van der Waals surface area contributed by atoms with E-state index in [9.17, 15) is 0 Å². The molecule has 0 bridgehead atoms. The van der Waals surface area contributed by atoms with Gasteiger partial charge in [0.1, 0.15) is 0 Å². The average molecular weight is 209 g/mol. The average Bonchev–Trinajstić information content (AvgIpc) is 1.90. The molecule has 0 atom stereocenters. The largest absolute Gasteiger partial charge is 0.409 e. The maximum absolute atomic E-state index is 3.01. The fourth-order valence-corrected chi connectivity index (χ4v) is 0.554. The molecule has 0 amide bonds. The molecule has 9 heavy (non-hydrogen) atoms. The molecule has 1 rings (SSSR count). The SMILES string of the molecule is CNc1cc[c-]cc1.[Rh]. The summed E-state index contributed by atoms with van der Waals surface area (Å²) in [5, 5.41) is 3.01. The van der Waals surface area contributed by atoms with E-state index in [1.54, 1.807) is 0 Å². The summed E-state index contributed by atoms with van der Waals surface area (Å²) in [5.41, 5.74) is 1.13. The van der Waals surface area contributed by atoms with Crippen LogP contribution in [0.15, 0.2) is 24.3 Å². The maximum Gasteiger partial charge on any atom is 0.00123 e. The quantitative estimate of drug-likeness (QED) is 0.546. The molecule has 0 aliphatic rings. The molecular weight excluding hydrogens is 201 g/mol. The minimum atomic E-state index is 0. The van der Waals surface area contributed by atoms with Crippen LogP contribution in [-0.4, -0.2) is 7.05 Å². The normalized spacial score (nSPS) is 7.67. The van der Waals surface area contributed by atoms with Crippen molar-refractivity contribution in [2.45, 2.75) is 0 Å². The number of nitrogens with one attached hydrogen (secondary N) is 1. The summed E-state index contributed by atoms with van der Waals surface area (Å²) in [6.07, 6.45) is 0. The van der Waals surface area contributed by atoms with Gasteiger partial charge in [-0.3, -0.25) is 0 Å². The fourth-order valence-electron chi connectivity index (χ4n) is 0.554. The van der Waals surface area contributed by atoms with Gasteiger partial charge in [-0.2, -0.15) is 18.2 Å². The minimum Gasteiger partial charge on any atom is -0.409 e. The third-order valence-electron chi connectivity index (χ3n) is 1.01. The summed E-state index contributed by atoms with van der Waals surface area (Å²) in [4.78, 5) is 0. The molecule has 0 heterocycles. The molecule has 1 aromatic carbocycles. The predicted molar refractivity (Wildman–Crippen MR) is 34.8 cm³/mol. The van der Waals surface area contributed by atoms with Crippen molar-refractivity contribution in [2.75, 3.05) is 12.4 Å². The van der Waals surface area contributed by atoms with Gasteiger partial charge < -0.3 is 5.32 Å². The van der Waals surface area contributed by atoms with Gasteiger partial charge in [-0.15, -0.1) is 12.1 Å². The topological polar surface area (TPSA) is 12.0 Å². The van der Waals surface area contributed by atoms with Gasteiger partial charge in [0, 0.05) is 26.5 Å². The third-order valence-corrected chi connectivity index (χ3v) is 1.01. The van der Waals surface area contributed by atoms with E-state index < -0.39 is 0 Å². The zero-order valence-corrected chi connectivity index (χ0v) is 6.78. The first-order chi connectivity index (χ1) is 3.93. The van der Waals surface area contributed by atoms with Crippen LogP contribution in [0.4, 0.5) is 5.69 Å². The minimum absolute atomic E-state index is 0. The summed E-state index contributed by atoms with van der Waals surface area (Å²) >= 11 is 0. The van der Waals surface area contributed by atoms with E-state index in [0.29, 0.717) is 0 Å². The Labute approximate surface area is 68.2 Å². The van der Waals surface area contributed by atoms with Crippen LogP contribution in [0.25, 0.3) is 0 Å². The van der Waals surface area contributed by atoms with Crippen LogP contribution >= 0.6 is 0 Å². The van der Waals surface area contributed by atoms with Crippen LogP contribution in [0.2, 0.25) is 0 Å². The number of benzene rings is 1. The van der Waals surface area contributed by atoms with Crippen molar-refractivity contribution in [1.29, 1.82) is 0 Å². The molecule has 0 aromatic heterocycles. The third kappa shape index (κ3) is 2.62. The molecule has 1 nitrogen and oxygen atoms in total. The first kappa shape index (κ1) is 8.64. The van der Waals surface area contributed by atoms with E-state index in [4.69, 9.17) is 0 Å². The summed E-state index contributed by atoms with van der Waals surface area (Å²) in [7, 11) is 1.90. The van der Waals surface area contributed by atoms with Crippen molar-refractivity contribution in [3.63, 3.8) is 0 Å². The van der Waals surface area contributed by atoms with E-state index in [0.717, 1.165) is 5.69 Å². The molecule has 0 aliphatic heterocycles. The molecule has 1 aromatic rings. The van der Waals surface area contributed by atoms with Gasteiger partial charge in [0.25, 0.3) is 0 Å². The smallest absolute Gasteiger partial charge is 0.00123 e. The Morgan fingerprint density at radius 3 is 2.22 bits per heavy atom. The van der Waals surface area contributed by atoms with Crippen LogP contribution in [0.1, 0.15) is 0 Å². The zero-order chi connectivity index (χ0) is 5.82. The van der Waals surface area contributed by atoms with Gasteiger partial charge in [0.2, 0.25) is 0 Å². The second-order valence-corrected chi connectivity index (χ2v) is 1.54. The molecule has 1 radical (unpaired) electrons. The van der Waals surface area contributed by atoms with Crippen molar-refractivity contribution >= 4 is 5.69 Å². The Balaban J connectivity index is 0.000000640. The standard InChI is InChI=1S/C7H8N.Rh/c1-8-7-5-3-2-4-6-7;/h3-6,8H,1H3;/q-1;. The number of hydrogen-bond acceptors (Lipinski definition) is 1. The number of rotatable bonds is 1. The maximum atomic E-state index is 3.01. The summed E-state index contributed by atoms with van der Waals surface area (Å²) in [6, 6.07) is 10.6. The Bertz CT molecular complexity index is 150. The molecule has 0 spiro atoms. The molecule has 0 unspecified atom stereocenters. The van der Waals surface area contributed by atoms with Gasteiger partial charge in [0.15, 0.2) is 0 Å². The predicted octanol–water partition coefficient (Wildman–Crippen LogP) is 1.53. The van der Waals surface area contributed by atoms with E-state index >= 15 is 0 Å². The molecule has 0 saturated carbocycles. The van der Waals surface area contributed by atoms with Gasteiger partial charge >= 0.3 is 0 Å². The molecule has 51 valence electrons. The van der Waals surface area contributed by atoms with Crippen molar-refractivity contribution in [3.8, 4) is 0 Å².